The first-order valence-electron chi connectivity index (χ1n) is 9.71. The van der Waals surface area contributed by atoms with Crippen LogP contribution < -0.4 is 10.6 Å². The van der Waals surface area contributed by atoms with Crippen molar-refractivity contribution in [2.75, 3.05) is 5.32 Å². The van der Waals surface area contributed by atoms with Crippen molar-refractivity contribution in [1.29, 1.82) is 0 Å². The van der Waals surface area contributed by atoms with Gasteiger partial charge in [-0.15, -0.1) is 0 Å². The fourth-order valence-electron chi connectivity index (χ4n) is 3.44. The number of thiocarbonyl (C=S) groups is 1. The summed E-state index contributed by atoms with van der Waals surface area (Å²) in [6.07, 6.45) is 0. The molecule has 31 heavy (non-hydrogen) atoms. The molecule has 0 bridgehead atoms. The molecule has 7 heteroatoms. The van der Waals surface area contributed by atoms with Crippen molar-refractivity contribution in [3.63, 3.8) is 0 Å². The third-order valence-electron chi connectivity index (χ3n) is 4.92. The van der Waals surface area contributed by atoms with Crippen LogP contribution in [0, 0.1) is 20.8 Å². The van der Waals surface area contributed by atoms with E-state index >= 15 is 0 Å². The molecule has 0 saturated heterocycles. The topological polar surface area (TPSA) is 87.4 Å². The zero-order valence-electron chi connectivity index (χ0n) is 17.3. The molecule has 156 valence electrons. The monoisotopic (exact) mass is 431 g/mol. The summed E-state index contributed by atoms with van der Waals surface area (Å²) >= 11 is 5.29. The van der Waals surface area contributed by atoms with E-state index in [9.17, 15) is 9.90 Å². The Labute approximate surface area is 184 Å². The zero-order chi connectivity index (χ0) is 22.1. The molecule has 0 aliphatic rings. The Bertz CT molecular complexity index is 1330. The molecule has 1 heterocycles. The van der Waals surface area contributed by atoms with Crippen LogP contribution in [0.1, 0.15) is 27.0 Å². The average Bonchev–Trinajstić information content (AvgIpc) is 3.13. The fourth-order valence-corrected chi connectivity index (χ4v) is 3.65. The highest BCUT2D eigenvalue weighted by molar-refractivity contribution is 7.80. The highest BCUT2D eigenvalue weighted by atomic mass is 32.1. The lowest BCUT2D eigenvalue weighted by Crippen LogP contribution is -2.34. The maximum Gasteiger partial charge on any atom is 0.257 e. The van der Waals surface area contributed by atoms with Gasteiger partial charge in [-0.3, -0.25) is 10.1 Å². The summed E-state index contributed by atoms with van der Waals surface area (Å²) < 4.78 is 5.91. The number of benzene rings is 3. The lowest BCUT2D eigenvalue weighted by Gasteiger charge is -2.12. The third kappa shape index (κ3) is 4.27. The number of aromatic hydroxyl groups is 1. The molecule has 3 aromatic carbocycles. The van der Waals surface area contributed by atoms with E-state index in [0.717, 1.165) is 22.2 Å². The predicted octanol–water partition coefficient (Wildman–Crippen LogP) is 5.25. The SMILES string of the molecule is Cc1cc(C)c2oc(-c3cc(NC(=S)NC(=O)c4ccccc4C)ccc3O)nc2c1. The largest absolute Gasteiger partial charge is 0.507 e. The number of amides is 1. The number of anilines is 1. The van der Waals surface area contributed by atoms with E-state index in [1.54, 1.807) is 24.3 Å². The second-order valence-electron chi connectivity index (χ2n) is 7.40. The van der Waals surface area contributed by atoms with Gasteiger partial charge in [0.25, 0.3) is 5.91 Å². The van der Waals surface area contributed by atoms with Crippen LogP contribution in [0.3, 0.4) is 0 Å². The van der Waals surface area contributed by atoms with Crippen LogP contribution in [0.4, 0.5) is 5.69 Å². The predicted molar refractivity (Wildman–Crippen MR) is 125 cm³/mol. The average molecular weight is 432 g/mol. The molecule has 0 unspecified atom stereocenters. The van der Waals surface area contributed by atoms with Crippen molar-refractivity contribution in [3.05, 3.63) is 76.9 Å². The molecule has 3 N–H and O–H groups in total. The molecule has 4 aromatic rings. The lowest BCUT2D eigenvalue weighted by molar-refractivity contribution is 0.0977. The van der Waals surface area contributed by atoms with E-state index in [1.807, 2.05) is 45.0 Å². The van der Waals surface area contributed by atoms with Crippen LogP contribution in [0.5, 0.6) is 5.75 Å². The van der Waals surface area contributed by atoms with E-state index in [2.05, 4.69) is 15.6 Å². The zero-order valence-corrected chi connectivity index (χ0v) is 18.1. The summed E-state index contributed by atoms with van der Waals surface area (Å²) in [5.74, 6) is 0.0421. The number of fused-ring (bicyclic) bond motifs is 1. The summed E-state index contributed by atoms with van der Waals surface area (Å²) in [4.78, 5) is 17.0. The molecule has 0 fully saturated rings. The van der Waals surface area contributed by atoms with E-state index in [-0.39, 0.29) is 16.8 Å². The maximum absolute atomic E-state index is 12.5. The number of aromatic nitrogens is 1. The van der Waals surface area contributed by atoms with Gasteiger partial charge in [-0.1, -0.05) is 24.3 Å². The van der Waals surface area contributed by atoms with Gasteiger partial charge in [-0.05, 0) is 80.0 Å². The normalized spacial score (nSPS) is 10.8. The first-order valence-corrected chi connectivity index (χ1v) is 10.1. The first-order chi connectivity index (χ1) is 14.8. The smallest absolute Gasteiger partial charge is 0.257 e. The van der Waals surface area contributed by atoms with Gasteiger partial charge in [0.2, 0.25) is 5.89 Å². The molecule has 4 rings (SSSR count). The molecule has 0 radical (unpaired) electrons. The molecular weight excluding hydrogens is 410 g/mol. The number of aryl methyl sites for hydroxylation is 3. The van der Waals surface area contributed by atoms with Crippen LogP contribution >= 0.6 is 12.2 Å². The molecule has 0 aliphatic heterocycles. The van der Waals surface area contributed by atoms with Crippen molar-refractivity contribution in [3.8, 4) is 17.2 Å². The lowest BCUT2D eigenvalue weighted by atomic mass is 10.1. The van der Waals surface area contributed by atoms with Crippen LogP contribution in [-0.4, -0.2) is 21.1 Å². The first kappa shape index (κ1) is 20.6. The maximum atomic E-state index is 12.5. The van der Waals surface area contributed by atoms with Gasteiger partial charge >= 0.3 is 0 Å². The number of carbonyl (C=O) groups excluding carboxylic acids is 1. The number of oxazole rings is 1. The molecule has 1 amide bonds. The van der Waals surface area contributed by atoms with E-state index < -0.39 is 0 Å². The Hall–Kier alpha value is -3.71. The summed E-state index contributed by atoms with van der Waals surface area (Å²) in [5.41, 5.74) is 5.88. The van der Waals surface area contributed by atoms with Crippen molar-refractivity contribution < 1.29 is 14.3 Å². The standard InChI is InChI=1S/C24H21N3O3S/c1-13-10-15(3)21-19(11-13)26-23(30-21)18-12-16(8-9-20(18)28)25-24(31)27-22(29)17-7-5-4-6-14(17)2/h4-12,28H,1-3H3,(H2,25,27,29,31). The molecule has 6 nitrogen and oxygen atoms in total. The highest BCUT2D eigenvalue weighted by Gasteiger charge is 2.16. The van der Waals surface area contributed by atoms with Gasteiger partial charge in [0.05, 0.1) is 5.56 Å². The number of phenolic OH excluding ortho intramolecular Hbond substituents is 1. The Balaban J connectivity index is 1.57. The number of rotatable bonds is 3. The van der Waals surface area contributed by atoms with E-state index in [0.29, 0.717) is 28.3 Å². The van der Waals surface area contributed by atoms with Gasteiger partial charge in [0.15, 0.2) is 10.7 Å². The fraction of sp³-hybridized carbons (Fsp3) is 0.125. The van der Waals surface area contributed by atoms with Crippen LogP contribution in [-0.2, 0) is 0 Å². The Morgan fingerprint density at radius 3 is 2.58 bits per heavy atom. The molecule has 0 atom stereocenters. The Morgan fingerprint density at radius 1 is 1.03 bits per heavy atom. The summed E-state index contributed by atoms with van der Waals surface area (Å²) in [6, 6.07) is 16.1. The minimum Gasteiger partial charge on any atom is -0.507 e. The van der Waals surface area contributed by atoms with Crippen molar-refractivity contribution in [2.24, 2.45) is 0 Å². The van der Waals surface area contributed by atoms with Crippen molar-refractivity contribution >= 4 is 40.0 Å². The second-order valence-corrected chi connectivity index (χ2v) is 7.81. The van der Waals surface area contributed by atoms with Gasteiger partial charge in [-0.2, -0.15) is 0 Å². The molecule has 0 aliphatic carbocycles. The minimum absolute atomic E-state index is 0.0290. The molecular formula is C24H21N3O3S. The van der Waals surface area contributed by atoms with Gasteiger partial charge in [0, 0.05) is 11.3 Å². The molecule has 0 spiro atoms. The third-order valence-corrected chi connectivity index (χ3v) is 5.13. The number of carbonyl (C=O) groups is 1. The minimum atomic E-state index is -0.292. The summed E-state index contributed by atoms with van der Waals surface area (Å²) in [6.45, 7) is 5.81. The van der Waals surface area contributed by atoms with Crippen molar-refractivity contribution in [1.82, 2.24) is 10.3 Å². The van der Waals surface area contributed by atoms with Crippen LogP contribution in [0.25, 0.3) is 22.6 Å². The van der Waals surface area contributed by atoms with Gasteiger partial charge in [0.1, 0.15) is 11.3 Å². The molecule has 1 aromatic heterocycles. The highest BCUT2D eigenvalue weighted by Crippen LogP contribution is 2.34. The number of phenols is 1. The van der Waals surface area contributed by atoms with Crippen LogP contribution in [0.15, 0.2) is 59.0 Å². The second kappa shape index (κ2) is 8.20. The number of hydrogen-bond acceptors (Lipinski definition) is 5. The number of nitrogens with one attached hydrogen (secondary N) is 2. The van der Waals surface area contributed by atoms with Gasteiger partial charge in [-0.25, -0.2) is 4.98 Å². The van der Waals surface area contributed by atoms with E-state index in [4.69, 9.17) is 16.6 Å². The summed E-state index contributed by atoms with van der Waals surface area (Å²) in [5, 5.41) is 16.2. The summed E-state index contributed by atoms with van der Waals surface area (Å²) in [7, 11) is 0. The quantitative estimate of drug-likeness (QED) is 0.303. The van der Waals surface area contributed by atoms with Gasteiger partial charge < -0.3 is 14.8 Å². The van der Waals surface area contributed by atoms with Crippen molar-refractivity contribution in [2.45, 2.75) is 20.8 Å². The molecule has 0 saturated carbocycles. The number of nitrogens with zero attached hydrogens (tertiary/aromatic N) is 1. The Kier molecular flexibility index (Phi) is 5.44. The van der Waals surface area contributed by atoms with Crippen LogP contribution in [0.2, 0.25) is 0 Å². The Morgan fingerprint density at radius 2 is 1.81 bits per heavy atom. The number of hydrogen-bond donors (Lipinski definition) is 3. The van der Waals surface area contributed by atoms with E-state index in [1.165, 1.54) is 6.07 Å².